The average Bonchev–Trinajstić information content (AvgIpc) is 2.93. The van der Waals surface area contributed by atoms with Gasteiger partial charge in [0.25, 0.3) is 5.56 Å². The molecule has 0 amide bonds. The van der Waals surface area contributed by atoms with Gasteiger partial charge in [-0.2, -0.15) is 4.98 Å². The molecular formula is C11H16N6O3. The van der Waals surface area contributed by atoms with Crippen molar-refractivity contribution < 1.29 is 9.47 Å². The number of rotatable bonds is 3. The van der Waals surface area contributed by atoms with Gasteiger partial charge in [0.1, 0.15) is 0 Å². The molecule has 1 fully saturated rings. The second-order valence-electron chi connectivity index (χ2n) is 4.78. The number of anilines is 1. The molecule has 9 heteroatoms. The van der Waals surface area contributed by atoms with Gasteiger partial charge in [-0.3, -0.25) is 14.3 Å². The van der Waals surface area contributed by atoms with Gasteiger partial charge in [-0.25, -0.2) is 4.98 Å². The van der Waals surface area contributed by atoms with Gasteiger partial charge in [-0.1, -0.05) is 0 Å². The van der Waals surface area contributed by atoms with E-state index in [1.807, 2.05) is 0 Å². The highest BCUT2D eigenvalue weighted by Gasteiger charge is 2.35. The van der Waals surface area contributed by atoms with Crippen LogP contribution < -0.4 is 17.0 Å². The molecule has 0 saturated carbocycles. The molecule has 1 saturated heterocycles. The van der Waals surface area contributed by atoms with E-state index in [2.05, 4.69) is 15.0 Å². The molecule has 2 aromatic heterocycles. The normalized spacial score (nSPS) is 26.4. The van der Waals surface area contributed by atoms with Crippen molar-refractivity contribution in [2.45, 2.75) is 24.8 Å². The second-order valence-corrected chi connectivity index (χ2v) is 4.78. The molecule has 1 unspecified atom stereocenters. The summed E-state index contributed by atoms with van der Waals surface area (Å²) in [6.45, 7) is 0.465. The number of aromatic amines is 1. The van der Waals surface area contributed by atoms with Crippen LogP contribution in [0.1, 0.15) is 12.6 Å². The molecule has 0 radical (unpaired) electrons. The Balaban J connectivity index is 2.01. The number of nitrogens with one attached hydrogen (secondary N) is 1. The molecule has 1 aliphatic rings. The van der Waals surface area contributed by atoms with E-state index >= 15 is 0 Å². The molecular weight excluding hydrogens is 264 g/mol. The summed E-state index contributed by atoms with van der Waals surface area (Å²) in [4.78, 5) is 22.3. The highest BCUT2D eigenvalue weighted by atomic mass is 16.5. The first-order valence-corrected chi connectivity index (χ1v) is 6.22. The fourth-order valence-electron chi connectivity index (χ4n) is 2.47. The monoisotopic (exact) mass is 280 g/mol. The highest BCUT2D eigenvalue weighted by Crippen LogP contribution is 2.29. The fourth-order valence-corrected chi connectivity index (χ4v) is 2.47. The Labute approximate surface area is 113 Å². The maximum atomic E-state index is 11.7. The molecule has 3 rings (SSSR count). The van der Waals surface area contributed by atoms with Crippen molar-refractivity contribution in [3.63, 3.8) is 0 Å². The number of nitrogen functional groups attached to an aromatic ring is 1. The first-order valence-electron chi connectivity index (χ1n) is 6.22. The van der Waals surface area contributed by atoms with Crippen molar-refractivity contribution in [2.75, 3.05) is 19.5 Å². The first-order chi connectivity index (χ1) is 9.60. The summed E-state index contributed by atoms with van der Waals surface area (Å²) in [7, 11) is 1.61. The third-order valence-corrected chi connectivity index (χ3v) is 3.31. The Morgan fingerprint density at radius 2 is 2.45 bits per heavy atom. The Kier molecular flexibility index (Phi) is 3.16. The molecule has 0 aromatic carbocycles. The first kappa shape index (κ1) is 13.0. The van der Waals surface area contributed by atoms with Gasteiger partial charge in [0.05, 0.1) is 25.1 Å². The summed E-state index contributed by atoms with van der Waals surface area (Å²) < 4.78 is 12.5. The third-order valence-electron chi connectivity index (χ3n) is 3.31. The Morgan fingerprint density at radius 3 is 3.20 bits per heavy atom. The second kappa shape index (κ2) is 4.85. The van der Waals surface area contributed by atoms with Crippen LogP contribution in [0, 0.1) is 0 Å². The summed E-state index contributed by atoms with van der Waals surface area (Å²) >= 11 is 0. The van der Waals surface area contributed by atoms with E-state index in [1.54, 1.807) is 11.7 Å². The Morgan fingerprint density at radius 1 is 1.65 bits per heavy atom. The van der Waals surface area contributed by atoms with Crippen LogP contribution in [-0.2, 0) is 9.47 Å². The topological polar surface area (TPSA) is 134 Å². The number of fused-ring (bicyclic) bond motifs is 1. The number of methoxy groups -OCH3 is 1. The lowest BCUT2D eigenvalue weighted by atomic mass is 10.2. The zero-order chi connectivity index (χ0) is 14.3. The van der Waals surface area contributed by atoms with Crippen LogP contribution in [0.2, 0.25) is 0 Å². The molecule has 3 heterocycles. The number of H-pyrrole nitrogens is 1. The van der Waals surface area contributed by atoms with Crippen molar-refractivity contribution in [1.29, 1.82) is 0 Å². The molecule has 0 spiro atoms. The molecule has 0 aliphatic carbocycles. The molecule has 5 N–H and O–H groups in total. The highest BCUT2D eigenvalue weighted by molar-refractivity contribution is 5.70. The van der Waals surface area contributed by atoms with Gasteiger partial charge in [-0.15, -0.1) is 0 Å². The maximum absolute atomic E-state index is 11.7. The largest absolute Gasteiger partial charge is 0.382 e. The van der Waals surface area contributed by atoms with Crippen molar-refractivity contribution in [3.05, 3.63) is 16.7 Å². The number of hydrogen-bond acceptors (Lipinski definition) is 7. The number of nitrogens with two attached hydrogens (primary N) is 2. The molecule has 9 nitrogen and oxygen atoms in total. The molecule has 0 bridgehead atoms. The van der Waals surface area contributed by atoms with E-state index in [4.69, 9.17) is 20.9 Å². The van der Waals surface area contributed by atoms with E-state index in [1.165, 1.54) is 6.33 Å². The standard InChI is InChI=1S/C11H16N6O3/c1-19-3-5-2-6(12)10(20-5)17-4-14-7-8(17)15-11(13)16-9(7)18/h4-6,10H,2-3,12H2,1H3,(H3,13,15,16,18)/t5-,6?,10+/m0/s1. The van der Waals surface area contributed by atoms with E-state index in [9.17, 15) is 4.79 Å². The van der Waals surface area contributed by atoms with Crippen LogP contribution in [0.25, 0.3) is 11.2 Å². The molecule has 108 valence electrons. The number of aromatic nitrogens is 4. The van der Waals surface area contributed by atoms with Crippen LogP contribution in [0.4, 0.5) is 5.95 Å². The summed E-state index contributed by atoms with van der Waals surface area (Å²) in [5.74, 6) is 0.0317. The zero-order valence-electron chi connectivity index (χ0n) is 10.9. The van der Waals surface area contributed by atoms with Gasteiger partial charge >= 0.3 is 0 Å². The molecule has 3 atom stereocenters. The quantitative estimate of drug-likeness (QED) is 0.653. The summed E-state index contributed by atoms with van der Waals surface area (Å²) in [5.41, 5.74) is 11.8. The van der Waals surface area contributed by atoms with E-state index in [0.717, 1.165) is 0 Å². The van der Waals surface area contributed by atoms with Crippen molar-refractivity contribution in [2.24, 2.45) is 5.73 Å². The van der Waals surface area contributed by atoms with E-state index in [-0.39, 0.29) is 29.2 Å². The molecule has 20 heavy (non-hydrogen) atoms. The predicted molar refractivity (Wildman–Crippen MR) is 70.9 cm³/mol. The maximum Gasteiger partial charge on any atom is 0.280 e. The van der Waals surface area contributed by atoms with Crippen molar-refractivity contribution in [3.8, 4) is 0 Å². The van der Waals surface area contributed by atoms with Crippen LogP contribution in [0.3, 0.4) is 0 Å². The summed E-state index contributed by atoms with van der Waals surface area (Å²) in [6.07, 6.45) is 1.63. The average molecular weight is 280 g/mol. The van der Waals surface area contributed by atoms with Crippen molar-refractivity contribution in [1.82, 2.24) is 19.5 Å². The predicted octanol–water partition coefficient (Wildman–Crippen LogP) is -1.04. The lowest BCUT2D eigenvalue weighted by Gasteiger charge is -2.17. The SMILES string of the molecule is COC[C@@H]1CC(N)[C@H](n2cnc3c(=O)[nH]c(N)nc32)O1. The molecule has 2 aromatic rings. The minimum Gasteiger partial charge on any atom is -0.382 e. The minimum atomic E-state index is -0.436. The lowest BCUT2D eigenvalue weighted by Crippen LogP contribution is -2.28. The summed E-state index contributed by atoms with van der Waals surface area (Å²) in [6, 6.07) is -0.227. The zero-order valence-corrected chi connectivity index (χ0v) is 10.9. The van der Waals surface area contributed by atoms with Crippen LogP contribution in [-0.4, -0.2) is 45.4 Å². The minimum absolute atomic E-state index is 0.0317. The fraction of sp³-hybridized carbons (Fsp3) is 0.545. The van der Waals surface area contributed by atoms with Gasteiger partial charge < -0.3 is 20.9 Å². The van der Waals surface area contributed by atoms with Crippen LogP contribution in [0.5, 0.6) is 0 Å². The van der Waals surface area contributed by atoms with Gasteiger partial charge in [0.2, 0.25) is 5.95 Å². The third kappa shape index (κ3) is 2.05. The number of imidazole rings is 1. The number of nitrogens with zero attached hydrogens (tertiary/aromatic N) is 3. The van der Waals surface area contributed by atoms with E-state index in [0.29, 0.717) is 18.7 Å². The summed E-state index contributed by atoms with van der Waals surface area (Å²) in [5, 5.41) is 0. The Hall–Kier alpha value is -1.97. The molecule has 1 aliphatic heterocycles. The number of hydrogen-bond donors (Lipinski definition) is 3. The lowest BCUT2D eigenvalue weighted by molar-refractivity contribution is -0.0328. The van der Waals surface area contributed by atoms with Gasteiger partial charge in [0, 0.05) is 7.11 Å². The number of ether oxygens (including phenoxy) is 2. The Bertz CT molecular complexity index is 680. The smallest absolute Gasteiger partial charge is 0.280 e. The van der Waals surface area contributed by atoms with Gasteiger partial charge in [0.15, 0.2) is 17.4 Å². The van der Waals surface area contributed by atoms with Crippen LogP contribution >= 0.6 is 0 Å². The van der Waals surface area contributed by atoms with E-state index < -0.39 is 6.23 Å². The van der Waals surface area contributed by atoms with Crippen molar-refractivity contribution >= 4 is 17.1 Å². The van der Waals surface area contributed by atoms with Gasteiger partial charge in [-0.05, 0) is 6.42 Å². The van der Waals surface area contributed by atoms with Crippen LogP contribution in [0.15, 0.2) is 11.1 Å².